The second kappa shape index (κ2) is 8.41. The van der Waals surface area contributed by atoms with Crippen molar-refractivity contribution in [2.75, 3.05) is 19.6 Å². The average Bonchev–Trinajstić information content (AvgIpc) is 3.24. The highest BCUT2D eigenvalue weighted by molar-refractivity contribution is 5.81. The van der Waals surface area contributed by atoms with E-state index in [0.717, 1.165) is 55.8 Å². The van der Waals surface area contributed by atoms with Gasteiger partial charge in [0.15, 0.2) is 5.65 Å². The summed E-state index contributed by atoms with van der Waals surface area (Å²) in [5.41, 5.74) is 4.13. The Morgan fingerprint density at radius 1 is 1.21 bits per heavy atom. The van der Waals surface area contributed by atoms with Crippen LogP contribution in [0, 0.1) is 5.41 Å². The van der Waals surface area contributed by atoms with Crippen LogP contribution in [-0.2, 0) is 24.3 Å². The molecule has 0 bridgehead atoms. The van der Waals surface area contributed by atoms with E-state index >= 15 is 0 Å². The first-order valence-corrected chi connectivity index (χ1v) is 11.8. The number of hydrogen-bond acceptors (Lipinski definition) is 5. The highest BCUT2D eigenvalue weighted by atomic mass is 16.2. The molecular formula is C25H32N6O2. The molecule has 0 radical (unpaired) electrons. The summed E-state index contributed by atoms with van der Waals surface area (Å²) < 4.78 is 1.59. The molecule has 2 aliphatic rings. The van der Waals surface area contributed by atoms with E-state index in [1.54, 1.807) is 16.9 Å². The highest BCUT2D eigenvalue weighted by Crippen LogP contribution is 2.29. The standard InChI is InChI=1S/C25H32N6O2/c1-25(2,3)24(33)30-11-4-5-18(15-30)21-13-22-27-20-8-12-29(14-17-6-9-26-10-7-17)16-19(20)23(32)31(22)28-21/h6-7,9-10,13,18,28H,4-5,8,11-12,14-16H2,1-3H3/t18-/m0/s1. The molecule has 3 aromatic heterocycles. The van der Waals surface area contributed by atoms with Gasteiger partial charge >= 0.3 is 0 Å². The molecule has 5 rings (SSSR count). The second-order valence-corrected chi connectivity index (χ2v) is 10.4. The van der Waals surface area contributed by atoms with E-state index in [9.17, 15) is 9.59 Å². The van der Waals surface area contributed by atoms with Crippen molar-refractivity contribution < 1.29 is 4.79 Å². The van der Waals surface area contributed by atoms with E-state index in [1.165, 1.54) is 5.56 Å². The zero-order valence-corrected chi connectivity index (χ0v) is 19.7. The summed E-state index contributed by atoms with van der Waals surface area (Å²) in [6.45, 7) is 9.64. The van der Waals surface area contributed by atoms with Gasteiger partial charge < -0.3 is 4.90 Å². The third-order valence-corrected chi connectivity index (χ3v) is 6.81. The summed E-state index contributed by atoms with van der Waals surface area (Å²) in [5.74, 6) is 0.370. The summed E-state index contributed by atoms with van der Waals surface area (Å²) >= 11 is 0. The van der Waals surface area contributed by atoms with Crippen LogP contribution in [0.3, 0.4) is 0 Å². The minimum absolute atomic E-state index is 0.0147. The van der Waals surface area contributed by atoms with E-state index in [-0.39, 0.29) is 22.8 Å². The van der Waals surface area contributed by atoms with Gasteiger partial charge in [0, 0.05) is 74.6 Å². The summed E-state index contributed by atoms with van der Waals surface area (Å²) in [6.07, 6.45) is 6.33. The number of nitrogens with zero attached hydrogens (tertiary/aromatic N) is 5. The Morgan fingerprint density at radius 3 is 2.76 bits per heavy atom. The Hall–Kier alpha value is -3.00. The average molecular weight is 449 g/mol. The fraction of sp³-hybridized carbons (Fsp3) is 0.520. The number of piperidine rings is 1. The fourth-order valence-electron chi connectivity index (χ4n) is 5.04. The Balaban J connectivity index is 1.39. The van der Waals surface area contributed by atoms with Crippen LogP contribution in [0.15, 0.2) is 35.4 Å². The largest absolute Gasteiger partial charge is 0.342 e. The molecule has 0 aliphatic carbocycles. The van der Waals surface area contributed by atoms with Crippen molar-refractivity contribution in [3.8, 4) is 0 Å². The van der Waals surface area contributed by atoms with Crippen LogP contribution in [-0.4, -0.2) is 54.9 Å². The van der Waals surface area contributed by atoms with E-state index in [1.807, 2.05) is 43.9 Å². The maximum Gasteiger partial charge on any atom is 0.277 e. The molecule has 1 N–H and O–H groups in total. The van der Waals surface area contributed by atoms with Crippen LogP contribution in [0.2, 0.25) is 0 Å². The van der Waals surface area contributed by atoms with Gasteiger partial charge in [-0.1, -0.05) is 20.8 Å². The first kappa shape index (κ1) is 21.8. The Bertz CT molecular complexity index is 1220. The quantitative estimate of drug-likeness (QED) is 0.666. The molecule has 174 valence electrons. The number of nitrogens with one attached hydrogen (secondary N) is 1. The zero-order chi connectivity index (χ0) is 23.2. The Morgan fingerprint density at radius 2 is 2.00 bits per heavy atom. The fourth-order valence-corrected chi connectivity index (χ4v) is 5.04. The van der Waals surface area contributed by atoms with Gasteiger partial charge in [0.25, 0.3) is 5.56 Å². The van der Waals surface area contributed by atoms with Gasteiger partial charge in [0.2, 0.25) is 5.91 Å². The van der Waals surface area contributed by atoms with Crippen molar-refractivity contribution in [1.29, 1.82) is 0 Å². The van der Waals surface area contributed by atoms with Crippen molar-refractivity contribution in [3.63, 3.8) is 0 Å². The smallest absolute Gasteiger partial charge is 0.277 e. The van der Waals surface area contributed by atoms with Crippen molar-refractivity contribution >= 4 is 11.6 Å². The lowest BCUT2D eigenvalue weighted by molar-refractivity contribution is -0.140. The number of aromatic amines is 1. The molecule has 33 heavy (non-hydrogen) atoms. The van der Waals surface area contributed by atoms with Gasteiger partial charge in [-0.05, 0) is 30.5 Å². The minimum Gasteiger partial charge on any atom is -0.342 e. The van der Waals surface area contributed by atoms with Crippen LogP contribution in [0.25, 0.3) is 5.65 Å². The van der Waals surface area contributed by atoms with Crippen molar-refractivity contribution in [3.05, 3.63) is 63.5 Å². The molecule has 1 saturated heterocycles. The minimum atomic E-state index is -0.387. The number of amides is 1. The molecule has 8 heteroatoms. The zero-order valence-electron chi connectivity index (χ0n) is 19.7. The SMILES string of the molecule is CC(C)(C)C(=O)N1CCC[C@H](c2cc3nc4c(c(=O)n3[nH]2)CN(Cc2ccncc2)CC4)C1. The van der Waals surface area contributed by atoms with E-state index in [0.29, 0.717) is 18.7 Å². The van der Waals surface area contributed by atoms with Gasteiger partial charge in [-0.3, -0.25) is 24.6 Å². The topological polar surface area (TPSA) is 86.6 Å². The van der Waals surface area contributed by atoms with Gasteiger partial charge in [0.05, 0.1) is 11.3 Å². The lowest BCUT2D eigenvalue weighted by atomic mass is 9.90. The number of aromatic nitrogens is 4. The molecule has 2 aliphatic heterocycles. The number of hydrogen-bond donors (Lipinski definition) is 1. The van der Waals surface area contributed by atoms with E-state index in [4.69, 9.17) is 4.98 Å². The molecule has 1 atom stereocenters. The number of pyridine rings is 1. The van der Waals surface area contributed by atoms with Crippen LogP contribution in [0.4, 0.5) is 0 Å². The first-order valence-electron chi connectivity index (χ1n) is 11.8. The molecular weight excluding hydrogens is 416 g/mol. The van der Waals surface area contributed by atoms with Crippen LogP contribution >= 0.6 is 0 Å². The predicted molar refractivity (Wildman–Crippen MR) is 126 cm³/mol. The molecule has 1 fully saturated rings. The number of H-pyrrole nitrogens is 1. The van der Waals surface area contributed by atoms with E-state index < -0.39 is 0 Å². The highest BCUT2D eigenvalue weighted by Gasteiger charge is 2.32. The molecule has 5 heterocycles. The molecule has 0 unspecified atom stereocenters. The Labute approximate surface area is 193 Å². The third kappa shape index (κ3) is 4.31. The van der Waals surface area contributed by atoms with Gasteiger partial charge in [-0.25, -0.2) is 9.50 Å². The summed E-state index contributed by atoms with van der Waals surface area (Å²) in [5, 5.41) is 3.32. The summed E-state index contributed by atoms with van der Waals surface area (Å²) in [4.78, 5) is 39.3. The summed E-state index contributed by atoms with van der Waals surface area (Å²) in [7, 11) is 0. The molecule has 8 nitrogen and oxygen atoms in total. The van der Waals surface area contributed by atoms with Crippen LogP contribution in [0.5, 0.6) is 0 Å². The lowest BCUT2D eigenvalue weighted by Crippen LogP contribution is -2.44. The van der Waals surface area contributed by atoms with Crippen LogP contribution < -0.4 is 5.56 Å². The lowest BCUT2D eigenvalue weighted by Gasteiger charge is -2.36. The van der Waals surface area contributed by atoms with Crippen molar-refractivity contribution in [2.24, 2.45) is 5.41 Å². The molecule has 0 spiro atoms. The van der Waals surface area contributed by atoms with Gasteiger partial charge in [-0.15, -0.1) is 0 Å². The molecule has 3 aromatic rings. The first-order chi connectivity index (χ1) is 15.8. The monoisotopic (exact) mass is 448 g/mol. The molecule has 1 amide bonds. The normalized spacial score (nSPS) is 19.6. The maximum absolute atomic E-state index is 13.4. The third-order valence-electron chi connectivity index (χ3n) is 6.81. The predicted octanol–water partition coefficient (Wildman–Crippen LogP) is 2.73. The van der Waals surface area contributed by atoms with Crippen molar-refractivity contribution in [1.82, 2.24) is 29.4 Å². The number of carbonyl (C=O) groups is 1. The molecule has 0 saturated carbocycles. The van der Waals surface area contributed by atoms with Crippen molar-refractivity contribution in [2.45, 2.75) is 59.0 Å². The molecule has 0 aromatic carbocycles. The number of likely N-dealkylation sites (tertiary alicyclic amines) is 1. The second-order valence-electron chi connectivity index (χ2n) is 10.4. The summed E-state index contributed by atoms with van der Waals surface area (Å²) in [6, 6.07) is 6.03. The number of rotatable bonds is 3. The van der Waals surface area contributed by atoms with Gasteiger partial charge in [-0.2, -0.15) is 0 Å². The van der Waals surface area contributed by atoms with E-state index in [2.05, 4.69) is 15.0 Å². The Kier molecular flexibility index (Phi) is 5.56. The number of carbonyl (C=O) groups excluding carboxylic acids is 1. The maximum atomic E-state index is 13.4. The van der Waals surface area contributed by atoms with Gasteiger partial charge in [0.1, 0.15) is 0 Å². The van der Waals surface area contributed by atoms with Crippen LogP contribution in [0.1, 0.15) is 62.0 Å². The number of fused-ring (bicyclic) bond motifs is 2.